The molecule has 1 aliphatic carbocycles. The fraction of sp³-hybridized carbons (Fsp3) is 0.278. The Bertz CT molecular complexity index is 703. The van der Waals surface area contributed by atoms with Crippen LogP contribution in [0.2, 0.25) is 0 Å². The highest BCUT2D eigenvalue weighted by Crippen LogP contribution is 2.42. The van der Waals surface area contributed by atoms with Gasteiger partial charge in [-0.05, 0) is 36.0 Å². The molecule has 1 heterocycles. The Balaban J connectivity index is 1.76. The third-order valence-electron chi connectivity index (χ3n) is 4.80. The normalized spacial score (nSPS) is 24.3. The predicted molar refractivity (Wildman–Crippen MR) is 81.1 cm³/mol. The van der Waals surface area contributed by atoms with Gasteiger partial charge in [-0.1, -0.05) is 48.9 Å². The van der Waals surface area contributed by atoms with Crippen molar-refractivity contribution in [3.05, 3.63) is 65.2 Å². The van der Waals surface area contributed by atoms with Gasteiger partial charge in [-0.2, -0.15) is 0 Å². The average molecular weight is 279 g/mol. The quantitative estimate of drug-likeness (QED) is 0.887. The van der Waals surface area contributed by atoms with Gasteiger partial charge < -0.3 is 10.4 Å². The third-order valence-corrected chi connectivity index (χ3v) is 4.80. The summed E-state index contributed by atoms with van der Waals surface area (Å²) in [5, 5.41) is 13.7. The zero-order valence-electron chi connectivity index (χ0n) is 11.7. The number of aliphatic hydroxyl groups is 1. The van der Waals surface area contributed by atoms with Crippen LogP contribution in [0.25, 0.3) is 0 Å². The lowest BCUT2D eigenvalue weighted by Gasteiger charge is -2.27. The van der Waals surface area contributed by atoms with E-state index in [0.29, 0.717) is 22.7 Å². The molecular weight excluding hydrogens is 262 g/mol. The highest BCUT2D eigenvalue weighted by molar-refractivity contribution is 6.07. The SMILES string of the molecule is O=C1Nc2ccccc2C1(O)c1ccc(C2CCC2)cc1. The molecule has 21 heavy (non-hydrogen) atoms. The van der Waals surface area contributed by atoms with Gasteiger partial charge in [0.2, 0.25) is 0 Å². The summed E-state index contributed by atoms with van der Waals surface area (Å²) >= 11 is 0. The number of hydrogen-bond donors (Lipinski definition) is 2. The van der Waals surface area contributed by atoms with E-state index in [4.69, 9.17) is 0 Å². The van der Waals surface area contributed by atoms with Crippen molar-refractivity contribution in [3.8, 4) is 0 Å². The fourth-order valence-electron chi connectivity index (χ4n) is 3.27. The zero-order valence-corrected chi connectivity index (χ0v) is 11.7. The Labute approximate surface area is 123 Å². The Morgan fingerprint density at radius 3 is 2.43 bits per heavy atom. The van der Waals surface area contributed by atoms with Gasteiger partial charge in [-0.15, -0.1) is 0 Å². The molecule has 1 unspecified atom stereocenters. The lowest BCUT2D eigenvalue weighted by molar-refractivity contribution is -0.129. The van der Waals surface area contributed by atoms with Crippen LogP contribution in [0, 0.1) is 0 Å². The Morgan fingerprint density at radius 1 is 1.05 bits per heavy atom. The molecule has 2 aromatic rings. The van der Waals surface area contributed by atoms with Crippen molar-refractivity contribution in [3.63, 3.8) is 0 Å². The molecule has 1 atom stereocenters. The summed E-state index contributed by atoms with van der Waals surface area (Å²) in [6, 6.07) is 15.2. The molecule has 1 saturated carbocycles. The van der Waals surface area contributed by atoms with Gasteiger partial charge in [0.05, 0.1) is 0 Å². The van der Waals surface area contributed by atoms with Crippen LogP contribution in [0.4, 0.5) is 5.69 Å². The minimum absolute atomic E-state index is 0.375. The number of nitrogens with one attached hydrogen (secondary N) is 1. The van der Waals surface area contributed by atoms with Crippen LogP contribution >= 0.6 is 0 Å². The van der Waals surface area contributed by atoms with E-state index < -0.39 is 5.60 Å². The maximum atomic E-state index is 12.3. The van der Waals surface area contributed by atoms with Crippen molar-refractivity contribution in [1.29, 1.82) is 0 Å². The maximum Gasteiger partial charge on any atom is 0.265 e. The van der Waals surface area contributed by atoms with Crippen molar-refractivity contribution >= 4 is 11.6 Å². The van der Waals surface area contributed by atoms with Crippen molar-refractivity contribution in [1.82, 2.24) is 0 Å². The summed E-state index contributed by atoms with van der Waals surface area (Å²) in [7, 11) is 0. The van der Waals surface area contributed by atoms with Crippen molar-refractivity contribution < 1.29 is 9.90 Å². The minimum Gasteiger partial charge on any atom is -0.372 e. The lowest BCUT2D eigenvalue weighted by atomic mass is 9.79. The van der Waals surface area contributed by atoms with Crippen LogP contribution in [-0.2, 0) is 10.4 Å². The van der Waals surface area contributed by atoms with E-state index >= 15 is 0 Å². The Hall–Kier alpha value is -2.13. The zero-order chi connectivity index (χ0) is 14.4. The summed E-state index contributed by atoms with van der Waals surface area (Å²) in [6.07, 6.45) is 3.78. The number of carbonyl (C=O) groups is 1. The molecule has 3 heteroatoms. The number of amides is 1. The molecule has 2 aliphatic rings. The van der Waals surface area contributed by atoms with Crippen molar-refractivity contribution in [2.24, 2.45) is 0 Å². The van der Waals surface area contributed by atoms with Gasteiger partial charge >= 0.3 is 0 Å². The van der Waals surface area contributed by atoms with Crippen LogP contribution in [-0.4, -0.2) is 11.0 Å². The van der Waals surface area contributed by atoms with Crippen molar-refractivity contribution in [2.75, 3.05) is 5.32 Å². The molecule has 1 fully saturated rings. The van der Waals surface area contributed by atoms with Crippen LogP contribution in [0.1, 0.15) is 41.9 Å². The van der Waals surface area contributed by atoms with E-state index in [-0.39, 0.29) is 5.91 Å². The molecule has 0 bridgehead atoms. The number of benzene rings is 2. The predicted octanol–water partition coefficient (Wildman–Crippen LogP) is 3.14. The molecule has 2 N–H and O–H groups in total. The minimum atomic E-state index is -1.57. The lowest BCUT2D eigenvalue weighted by Crippen LogP contribution is -2.35. The second-order valence-corrected chi connectivity index (χ2v) is 5.96. The van der Waals surface area contributed by atoms with E-state index in [1.54, 1.807) is 6.07 Å². The van der Waals surface area contributed by atoms with Gasteiger partial charge in [-0.3, -0.25) is 4.79 Å². The maximum absolute atomic E-state index is 12.3. The van der Waals surface area contributed by atoms with Crippen LogP contribution in [0.3, 0.4) is 0 Å². The molecule has 1 aliphatic heterocycles. The van der Waals surface area contributed by atoms with E-state index in [1.165, 1.54) is 24.8 Å². The van der Waals surface area contributed by atoms with Crippen LogP contribution < -0.4 is 5.32 Å². The molecule has 0 radical (unpaired) electrons. The number of hydrogen-bond acceptors (Lipinski definition) is 2. The smallest absolute Gasteiger partial charge is 0.265 e. The molecule has 0 aromatic heterocycles. The number of rotatable bonds is 2. The van der Waals surface area contributed by atoms with E-state index in [2.05, 4.69) is 5.32 Å². The first-order chi connectivity index (χ1) is 10.2. The molecule has 106 valence electrons. The van der Waals surface area contributed by atoms with E-state index in [9.17, 15) is 9.90 Å². The first kappa shape index (κ1) is 12.6. The number of para-hydroxylation sites is 1. The molecule has 2 aromatic carbocycles. The van der Waals surface area contributed by atoms with Gasteiger partial charge in [0.25, 0.3) is 5.91 Å². The number of carbonyl (C=O) groups excluding carboxylic acids is 1. The number of anilines is 1. The first-order valence-corrected chi connectivity index (χ1v) is 7.43. The fourth-order valence-corrected chi connectivity index (χ4v) is 3.27. The second-order valence-electron chi connectivity index (χ2n) is 5.96. The Kier molecular flexibility index (Phi) is 2.66. The summed E-state index contributed by atoms with van der Waals surface area (Å²) < 4.78 is 0. The summed E-state index contributed by atoms with van der Waals surface area (Å²) in [5.41, 5.74) is 1.68. The second kappa shape index (κ2) is 4.43. The summed E-state index contributed by atoms with van der Waals surface area (Å²) in [5.74, 6) is 0.276. The number of fused-ring (bicyclic) bond motifs is 1. The van der Waals surface area contributed by atoms with Gasteiger partial charge in [-0.25, -0.2) is 0 Å². The van der Waals surface area contributed by atoms with Crippen molar-refractivity contribution in [2.45, 2.75) is 30.8 Å². The van der Waals surface area contributed by atoms with Crippen LogP contribution in [0.5, 0.6) is 0 Å². The van der Waals surface area contributed by atoms with Crippen LogP contribution in [0.15, 0.2) is 48.5 Å². The topological polar surface area (TPSA) is 49.3 Å². The Morgan fingerprint density at radius 2 is 1.76 bits per heavy atom. The summed E-state index contributed by atoms with van der Waals surface area (Å²) in [6.45, 7) is 0. The highest BCUT2D eigenvalue weighted by atomic mass is 16.3. The molecule has 3 nitrogen and oxygen atoms in total. The standard InChI is InChI=1S/C18H17NO2/c20-17-18(21,15-6-1-2-7-16(15)19-17)14-10-8-13(9-11-14)12-4-3-5-12/h1-2,6-12,21H,3-5H2,(H,19,20). The molecule has 1 amide bonds. The first-order valence-electron chi connectivity index (χ1n) is 7.43. The van der Waals surface area contributed by atoms with Gasteiger partial charge in [0.15, 0.2) is 5.60 Å². The van der Waals surface area contributed by atoms with Gasteiger partial charge in [0.1, 0.15) is 0 Å². The van der Waals surface area contributed by atoms with Gasteiger partial charge in [0, 0.05) is 11.3 Å². The summed E-state index contributed by atoms with van der Waals surface area (Å²) in [4.78, 5) is 12.3. The largest absolute Gasteiger partial charge is 0.372 e. The molecule has 0 saturated heterocycles. The average Bonchev–Trinajstić information content (AvgIpc) is 2.71. The highest BCUT2D eigenvalue weighted by Gasteiger charge is 2.46. The monoisotopic (exact) mass is 279 g/mol. The molecular formula is C18H17NO2. The third kappa shape index (κ3) is 1.74. The molecule has 0 spiro atoms. The van der Waals surface area contributed by atoms with E-state index in [0.717, 1.165) is 0 Å². The molecule has 4 rings (SSSR count). The van der Waals surface area contributed by atoms with E-state index in [1.807, 2.05) is 42.5 Å².